The van der Waals surface area contributed by atoms with Crippen molar-refractivity contribution in [1.29, 1.82) is 0 Å². The quantitative estimate of drug-likeness (QED) is 0.644. The molecule has 1 aliphatic rings. The molecule has 0 radical (unpaired) electrons. The Kier molecular flexibility index (Phi) is 6.54. The second kappa shape index (κ2) is 9.07. The zero-order valence-corrected chi connectivity index (χ0v) is 14.5. The van der Waals surface area contributed by atoms with E-state index >= 15 is 0 Å². The number of aliphatic hydroxyl groups excluding tert-OH is 3. The van der Waals surface area contributed by atoms with E-state index < -0.39 is 43.3 Å². The first kappa shape index (κ1) is 19.5. The smallest absolute Gasteiger partial charge is 0.338 e. The Balaban J connectivity index is 1.76. The lowest BCUT2D eigenvalue weighted by Crippen LogP contribution is -2.60. The molecule has 3 N–H and O–H groups in total. The Labute approximate surface area is 156 Å². The van der Waals surface area contributed by atoms with Crippen LogP contribution in [0.4, 0.5) is 0 Å². The lowest BCUT2D eigenvalue weighted by molar-refractivity contribution is -0.295. The van der Waals surface area contributed by atoms with Gasteiger partial charge in [-0.1, -0.05) is 48.5 Å². The standard InChI is InChI=1S/C20H22O7/c21-11-15-16(22)17(25-12-13-7-3-1-4-8-13)18(20(24)26-15)27-19(23)14-9-5-2-6-10-14/h1-10,15-18,20-22,24H,11-12H2/t15?,16-,17-,18?,20-/m1/s1. The minimum absolute atomic E-state index is 0.132. The second-order valence-corrected chi connectivity index (χ2v) is 6.24. The number of hydrogen-bond donors (Lipinski definition) is 3. The maximum Gasteiger partial charge on any atom is 0.338 e. The summed E-state index contributed by atoms with van der Waals surface area (Å²) in [7, 11) is 0. The lowest BCUT2D eigenvalue weighted by Gasteiger charge is -2.41. The molecule has 0 bridgehead atoms. The van der Waals surface area contributed by atoms with Gasteiger partial charge in [0.15, 0.2) is 12.4 Å². The number of esters is 1. The van der Waals surface area contributed by atoms with Crippen molar-refractivity contribution < 1.29 is 34.3 Å². The molecule has 1 saturated heterocycles. The first-order valence-electron chi connectivity index (χ1n) is 8.64. The Bertz CT molecular complexity index is 722. The fourth-order valence-corrected chi connectivity index (χ4v) is 2.91. The van der Waals surface area contributed by atoms with Crippen LogP contribution in [0.25, 0.3) is 0 Å². The van der Waals surface area contributed by atoms with Gasteiger partial charge in [0.05, 0.1) is 18.8 Å². The van der Waals surface area contributed by atoms with Crippen molar-refractivity contribution in [2.45, 2.75) is 37.3 Å². The third kappa shape index (κ3) is 4.71. The fourth-order valence-electron chi connectivity index (χ4n) is 2.91. The molecule has 0 amide bonds. The number of aliphatic hydroxyl groups is 3. The zero-order valence-electron chi connectivity index (χ0n) is 14.5. The summed E-state index contributed by atoms with van der Waals surface area (Å²) >= 11 is 0. The van der Waals surface area contributed by atoms with Crippen LogP contribution in [0, 0.1) is 0 Å². The van der Waals surface area contributed by atoms with Crippen LogP contribution in [0.15, 0.2) is 60.7 Å². The van der Waals surface area contributed by atoms with E-state index in [1.807, 2.05) is 30.3 Å². The van der Waals surface area contributed by atoms with Crippen LogP contribution in [-0.2, 0) is 20.8 Å². The molecule has 1 heterocycles. The summed E-state index contributed by atoms with van der Waals surface area (Å²) in [5.74, 6) is -0.675. The fraction of sp³-hybridized carbons (Fsp3) is 0.350. The molecular weight excluding hydrogens is 352 g/mol. The Morgan fingerprint density at radius 3 is 2.22 bits per heavy atom. The highest BCUT2D eigenvalue weighted by Crippen LogP contribution is 2.26. The minimum Gasteiger partial charge on any atom is -0.450 e. The van der Waals surface area contributed by atoms with Crippen LogP contribution in [0.2, 0.25) is 0 Å². The van der Waals surface area contributed by atoms with Gasteiger partial charge in [-0.2, -0.15) is 0 Å². The predicted molar refractivity (Wildman–Crippen MR) is 94.6 cm³/mol. The van der Waals surface area contributed by atoms with E-state index in [0.29, 0.717) is 5.56 Å². The maximum atomic E-state index is 12.4. The number of benzene rings is 2. The number of rotatable bonds is 6. The molecule has 2 aromatic rings. The summed E-state index contributed by atoms with van der Waals surface area (Å²) < 4.78 is 16.3. The summed E-state index contributed by atoms with van der Waals surface area (Å²) in [5.41, 5.74) is 1.14. The maximum absolute atomic E-state index is 12.4. The highest BCUT2D eigenvalue weighted by atomic mass is 16.7. The van der Waals surface area contributed by atoms with Gasteiger partial charge in [0.2, 0.25) is 0 Å². The molecule has 27 heavy (non-hydrogen) atoms. The molecule has 0 saturated carbocycles. The number of carbonyl (C=O) groups is 1. The van der Waals surface area contributed by atoms with E-state index in [-0.39, 0.29) is 6.61 Å². The molecule has 0 spiro atoms. The molecule has 7 heteroatoms. The van der Waals surface area contributed by atoms with Gasteiger partial charge >= 0.3 is 5.97 Å². The lowest BCUT2D eigenvalue weighted by atomic mass is 9.98. The van der Waals surface area contributed by atoms with E-state index in [0.717, 1.165) is 5.56 Å². The van der Waals surface area contributed by atoms with E-state index in [2.05, 4.69) is 0 Å². The molecule has 2 aromatic carbocycles. The summed E-state index contributed by atoms with van der Waals surface area (Å²) in [4.78, 5) is 12.4. The molecule has 2 unspecified atom stereocenters. The van der Waals surface area contributed by atoms with Crippen molar-refractivity contribution in [3.8, 4) is 0 Å². The van der Waals surface area contributed by atoms with Crippen LogP contribution >= 0.6 is 0 Å². The van der Waals surface area contributed by atoms with Gasteiger partial charge < -0.3 is 29.5 Å². The Hall–Kier alpha value is -2.29. The van der Waals surface area contributed by atoms with Gasteiger partial charge in [0.1, 0.15) is 18.3 Å². The van der Waals surface area contributed by atoms with Gasteiger partial charge in [0.25, 0.3) is 0 Å². The number of ether oxygens (including phenoxy) is 3. The molecule has 0 aliphatic carbocycles. The first-order chi connectivity index (χ1) is 13.1. The number of hydrogen-bond acceptors (Lipinski definition) is 7. The van der Waals surface area contributed by atoms with Crippen molar-refractivity contribution in [1.82, 2.24) is 0 Å². The molecule has 3 rings (SSSR count). The van der Waals surface area contributed by atoms with Crippen molar-refractivity contribution in [3.63, 3.8) is 0 Å². The summed E-state index contributed by atoms with van der Waals surface area (Å²) in [6.07, 6.45) is -6.19. The van der Waals surface area contributed by atoms with Crippen LogP contribution in [-0.4, -0.2) is 58.6 Å². The average molecular weight is 374 g/mol. The summed E-state index contributed by atoms with van der Waals surface area (Å²) in [5, 5.41) is 30.1. The topological polar surface area (TPSA) is 105 Å². The Morgan fingerprint density at radius 2 is 1.59 bits per heavy atom. The first-order valence-corrected chi connectivity index (χ1v) is 8.64. The van der Waals surface area contributed by atoms with Gasteiger partial charge in [0, 0.05) is 0 Å². The van der Waals surface area contributed by atoms with E-state index in [9.17, 15) is 20.1 Å². The number of carbonyl (C=O) groups excluding carboxylic acids is 1. The second-order valence-electron chi connectivity index (χ2n) is 6.24. The van der Waals surface area contributed by atoms with Crippen LogP contribution in [0.3, 0.4) is 0 Å². The highest BCUT2D eigenvalue weighted by Gasteiger charge is 2.47. The normalized spacial score (nSPS) is 27.9. The zero-order chi connectivity index (χ0) is 19.2. The summed E-state index contributed by atoms with van der Waals surface area (Å²) in [6, 6.07) is 17.5. The molecule has 144 valence electrons. The largest absolute Gasteiger partial charge is 0.450 e. The van der Waals surface area contributed by atoms with E-state index in [4.69, 9.17) is 14.2 Å². The van der Waals surface area contributed by atoms with Crippen molar-refractivity contribution in [2.24, 2.45) is 0 Å². The molecule has 5 atom stereocenters. The minimum atomic E-state index is -1.54. The van der Waals surface area contributed by atoms with Crippen molar-refractivity contribution >= 4 is 5.97 Å². The monoisotopic (exact) mass is 374 g/mol. The van der Waals surface area contributed by atoms with Crippen molar-refractivity contribution in [2.75, 3.05) is 6.61 Å². The van der Waals surface area contributed by atoms with Crippen LogP contribution in [0.1, 0.15) is 15.9 Å². The van der Waals surface area contributed by atoms with Crippen LogP contribution < -0.4 is 0 Å². The van der Waals surface area contributed by atoms with E-state index in [1.54, 1.807) is 30.3 Å². The van der Waals surface area contributed by atoms with Crippen LogP contribution in [0.5, 0.6) is 0 Å². The predicted octanol–water partition coefficient (Wildman–Crippen LogP) is 0.868. The Morgan fingerprint density at radius 1 is 0.963 bits per heavy atom. The molecule has 7 nitrogen and oxygen atoms in total. The highest BCUT2D eigenvalue weighted by molar-refractivity contribution is 5.89. The SMILES string of the molecule is O=C(OC1[C@H](O)OC(CO)[C@@H](O)[C@H]1OCc1ccccc1)c1ccccc1. The van der Waals surface area contributed by atoms with E-state index in [1.165, 1.54) is 0 Å². The average Bonchev–Trinajstić information content (AvgIpc) is 2.71. The molecule has 1 fully saturated rings. The van der Waals surface area contributed by atoms with Gasteiger partial charge in [-0.3, -0.25) is 0 Å². The molecule has 0 aromatic heterocycles. The summed E-state index contributed by atoms with van der Waals surface area (Å²) in [6.45, 7) is -0.379. The van der Waals surface area contributed by atoms with Gasteiger partial charge in [-0.15, -0.1) is 0 Å². The van der Waals surface area contributed by atoms with Gasteiger partial charge in [-0.25, -0.2) is 4.79 Å². The molecular formula is C20H22O7. The third-order valence-corrected chi connectivity index (χ3v) is 4.35. The third-order valence-electron chi connectivity index (χ3n) is 4.35. The molecule has 1 aliphatic heterocycles. The van der Waals surface area contributed by atoms with Gasteiger partial charge in [-0.05, 0) is 17.7 Å². The van der Waals surface area contributed by atoms with Crippen molar-refractivity contribution in [3.05, 3.63) is 71.8 Å².